The van der Waals surface area contributed by atoms with Gasteiger partial charge in [0.2, 0.25) is 6.41 Å². The summed E-state index contributed by atoms with van der Waals surface area (Å²) in [5.41, 5.74) is 1.68. The molecule has 0 saturated heterocycles. The molecule has 10 heteroatoms. The Morgan fingerprint density at radius 2 is 1.76 bits per heavy atom. The van der Waals surface area contributed by atoms with Gasteiger partial charge in [-0.25, -0.2) is 0 Å². The summed E-state index contributed by atoms with van der Waals surface area (Å²) < 4.78 is 56.7. The van der Waals surface area contributed by atoms with Crippen LogP contribution in [0.15, 0.2) is 60.7 Å². The lowest BCUT2D eigenvalue weighted by molar-refractivity contribution is -0.202. The Morgan fingerprint density at radius 3 is 2.39 bits per heavy atom. The van der Waals surface area contributed by atoms with Crippen LogP contribution in [0.4, 0.5) is 13.2 Å². The first-order valence-corrected chi connectivity index (χ1v) is 12.2. The van der Waals surface area contributed by atoms with Gasteiger partial charge in [0.15, 0.2) is 0 Å². The van der Waals surface area contributed by atoms with E-state index in [1.807, 2.05) is 0 Å². The minimum atomic E-state index is -4.57. The van der Waals surface area contributed by atoms with Gasteiger partial charge in [-0.3, -0.25) is 9.69 Å². The number of esters is 1. The molecule has 0 heterocycles. The molecule has 0 aromatic heterocycles. The van der Waals surface area contributed by atoms with Crippen molar-refractivity contribution in [1.82, 2.24) is 4.90 Å². The molecule has 38 heavy (non-hydrogen) atoms. The number of ether oxygens (including phenoxy) is 3. The maximum atomic E-state index is 13.6. The second-order valence-electron chi connectivity index (χ2n) is 8.45. The first-order valence-electron chi connectivity index (χ1n) is 11.8. The van der Waals surface area contributed by atoms with E-state index in [0.717, 1.165) is 12.1 Å². The number of hydrogen-bond acceptors (Lipinski definition) is 6. The van der Waals surface area contributed by atoms with Crippen LogP contribution in [-0.4, -0.2) is 43.2 Å². The van der Waals surface area contributed by atoms with Crippen molar-refractivity contribution in [1.29, 1.82) is 0 Å². The number of carbonyl (C=O) groups excluding carboxylic acids is 1. The molecule has 0 saturated carbocycles. The van der Waals surface area contributed by atoms with Crippen molar-refractivity contribution in [2.45, 2.75) is 39.1 Å². The lowest BCUT2D eigenvalue weighted by atomic mass is 9.94. The maximum absolute atomic E-state index is 13.6. The molecule has 0 bridgehead atoms. The molecule has 3 aromatic carbocycles. The highest BCUT2D eigenvalue weighted by atomic mass is 35.5. The zero-order valence-electron chi connectivity index (χ0n) is 21.2. The Kier molecular flexibility index (Phi) is 10.2. The van der Waals surface area contributed by atoms with Crippen LogP contribution in [0.25, 0.3) is 11.1 Å². The second-order valence-corrected chi connectivity index (χ2v) is 8.86. The van der Waals surface area contributed by atoms with E-state index in [9.17, 15) is 23.1 Å². The number of benzene rings is 3. The molecular weight excluding hydrogens is 523 g/mol. The molecule has 1 atom stereocenters. The fourth-order valence-electron chi connectivity index (χ4n) is 3.93. The zero-order valence-corrected chi connectivity index (χ0v) is 22.0. The number of nitrogens with zero attached hydrogens (tertiary/aromatic N) is 1. The molecule has 6 nitrogen and oxygen atoms in total. The molecule has 0 spiro atoms. The second kappa shape index (κ2) is 13.1. The van der Waals surface area contributed by atoms with Gasteiger partial charge < -0.3 is 19.3 Å². The Morgan fingerprint density at radius 1 is 1.03 bits per heavy atom. The highest BCUT2D eigenvalue weighted by Crippen LogP contribution is 2.38. The molecule has 0 radical (unpaired) electrons. The van der Waals surface area contributed by atoms with Crippen LogP contribution < -0.4 is 4.74 Å². The highest BCUT2D eigenvalue weighted by Gasteiger charge is 2.32. The summed E-state index contributed by atoms with van der Waals surface area (Å²) in [7, 11) is 2.73. The van der Waals surface area contributed by atoms with Crippen LogP contribution in [0.1, 0.15) is 29.2 Å². The summed E-state index contributed by atoms with van der Waals surface area (Å²) >= 11 is 6.16. The standard InChI is InChI=1S/C28H29ClF3NO5/c1-4-33(27(35)38-17-19-7-5-6-8-24(19)29)16-20-15-21(28(30,31)32)10-11-22(20)23-13-18(14-26(34)37-3)9-12-25(23)36-2/h5-13,15,27,35H,4,14,16-17H2,1-3H3. The number of hydrogen-bond donors (Lipinski definition) is 1. The molecule has 0 aliphatic rings. The van der Waals surface area contributed by atoms with Crippen LogP contribution in [0.3, 0.4) is 0 Å². The van der Waals surface area contributed by atoms with Crippen molar-refractivity contribution in [2.24, 2.45) is 0 Å². The van der Waals surface area contributed by atoms with Gasteiger partial charge in [-0.1, -0.05) is 48.9 Å². The van der Waals surface area contributed by atoms with Gasteiger partial charge in [0, 0.05) is 23.7 Å². The first kappa shape index (κ1) is 29.4. The SMILES string of the molecule is CCN(Cc1cc(C(F)(F)F)ccc1-c1cc(CC(=O)OC)ccc1OC)C(O)OCc1ccccc1Cl. The fraction of sp³-hybridized carbons (Fsp3) is 0.321. The molecule has 0 fully saturated rings. The summed E-state index contributed by atoms with van der Waals surface area (Å²) in [6.07, 6.45) is -5.99. The fourth-order valence-corrected chi connectivity index (χ4v) is 4.12. The van der Waals surface area contributed by atoms with Crippen LogP contribution in [0, 0.1) is 0 Å². The lowest BCUT2D eigenvalue weighted by Crippen LogP contribution is -2.36. The van der Waals surface area contributed by atoms with E-state index in [0.29, 0.717) is 33.0 Å². The quantitative estimate of drug-likeness (QED) is 0.231. The highest BCUT2D eigenvalue weighted by molar-refractivity contribution is 6.31. The van der Waals surface area contributed by atoms with Crippen molar-refractivity contribution >= 4 is 17.6 Å². The average Bonchev–Trinajstić information content (AvgIpc) is 2.90. The van der Waals surface area contributed by atoms with E-state index in [2.05, 4.69) is 0 Å². The molecule has 0 amide bonds. The topological polar surface area (TPSA) is 68.2 Å². The van der Waals surface area contributed by atoms with Crippen LogP contribution in [0.2, 0.25) is 5.02 Å². The van der Waals surface area contributed by atoms with E-state index in [4.69, 9.17) is 25.8 Å². The normalized spacial score (nSPS) is 12.4. The van der Waals surface area contributed by atoms with E-state index < -0.39 is 24.1 Å². The molecule has 0 aliphatic carbocycles. The number of carbonyl (C=O) groups is 1. The average molecular weight is 552 g/mol. The van der Waals surface area contributed by atoms with Gasteiger partial charge >= 0.3 is 12.1 Å². The predicted octanol–water partition coefficient (Wildman–Crippen LogP) is 6.06. The molecule has 3 rings (SSSR count). The molecule has 1 N–H and O–H groups in total. The van der Waals surface area contributed by atoms with Crippen LogP contribution >= 0.6 is 11.6 Å². The van der Waals surface area contributed by atoms with Gasteiger partial charge in [0.1, 0.15) is 5.75 Å². The number of rotatable bonds is 11. The Bertz CT molecular complexity index is 1250. The van der Waals surface area contributed by atoms with Gasteiger partial charge in [-0.15, -0.1) is 0 Å². The van der Waals surface area contributed by atoms with E-state index in [1.165, 1.54) is 25.2 Å². The smallest absolute Gasteiger partial charge is 0.416 e. The lowest BCUT2D eigenvalue weighted by Gasteiger charge is -2.28. The summed E-state index contributed by atoms with van der Waals surface area (Å²) in [6.45, 7) is 1.98. The van der Waals surface area contributed by atoms with E-state index in [-0.39, 0.29) is 31.7 Å². The number of methoxy groups -OCH3 is 2. The molecular formula is C28H29ClF3NO5. The monoisotopic (exact) mass is 551 g/mol. The minimum Gasteiger partial charge on any atom is -0.496 e. The van der Waals surface area contributed by atoms with Gasteiger partial charge in [-0.2, -0.15) is 13.2 Å². The molecule has 0 aliphatic heterocycles. The Balaban J connectivity index is 1.98. The summed E-state index contributed by atoms with van der Waals surface area (Å²) in [5, 5.41) is 11.2. The summed E-state index contributed by atoms with van der Waals surface area (Å²) in [4.78, 5) is 13.3. The number of aliphatic hydroxyl groups excluding tert-OH is 1. The van der Waals surface area contributed by atoms with Gasteiger partial charge in [0.05, 0.1) is 32.8 Å². The third kappa shape index (κ3) is 7.48. The number of halogens is 4. The third-order valence-corrected chi connectivity index (χ3v) is 6.37. The van der Waals surface area contributed by atoms with Crippen LogP contribution in [0.5, 0.6) is 5.75 Å². The maximum Gasteiger partial charge on any atom is 0.416 e. The predicted molar refractivity (Wildman–Crippen MR) is 137 cm³/mol. The van der Waals surface area contributed by atoms with Gasteiger partial charge in [0.25, 0.3) is 0 Å². The Labute approximate surface area is 224 Å². The van der Waals surface area contributed by atoms with E-state index in [1.54, 1.807) is 49.4 Å². The van der Waals surface area contributed by atoms with Crippen LogP contribution in [-0.2, 0) is 40.0 Å². The van der Waals surface area contributed by atoms with Crippen molar-refractivity contribution in [3.8, 4) is 16.9 Å². The number of aliphatic hydroxyl groups is 1. The largest absolute Gasteiger partial charge is 0.496 e. The number of alkyl halides is 3. The summed E-state index contributed by atoms with van der Waals surface area (Å²) in [5.74, 6) is -0.0390. The van der Waals surface area contributed by atoms with E-state index >= 15 is 0 Å². The first-order chi connectivity index (χ1) is 18.1. The molecule has 204 valence electrons. The van der Waals surface area contributed by atoms with Crippen molar-refractivity contribution in [3.63, 3.8) is 0 Å². The third-order valence-electron chi connectivity index (χ3n) is 6.00. The molecule has 3 aromatic rings. The van der Waals surface area contributed by atoms with Crippen molar-refractivity contribution in [2.75, 3.05) is 20.8 Å². The van der Waals surface area contributed by atoms with Crippen molar-refractivity contribution in [3.05, 3.63) is 87.9 Å². The van der Waals surface area contributed by atoms with Gasteiger partial charge in [-0.05, 0) is 52.6 Å². The zero-order chi connectivity index (χ0) is 27.9. The minimum absolute atomic E-state index is 0.0101. The van der Waals surface area contributed by atoms with Crippen molar-refractivity contribution < 1.29 is 37.3 Å². The molecule has 1 unspecified atom stereocenters. The summed E-state index contributed by atoms with van der Waals surface area (Å²) in [6, 6.07) is 15.4. The Hall–Kier alpha value is -3.11.